The molecule has 1 aromatic rings. The summed E-state index contributed by atoms with van der Waals surface area (Å²) in [7, 11) is 0. The van der Waals surface area contributed by atoms with Crippen molar-refractivity contribution in [2.45, 2.75) is 50.4 Å². The number of imide groups is 1. The van der Waals surface area contributed by atoms with Crippen LogP contribution in [0.25, 0.3) is 0 Å². The first-order chi connectivity index (χ1) is 13.2. The largest absolute Gasteiger partial charge is 0.326 e. The van der Waals surface area contributed by atoms with Gasteiger partial charge in [0, 0.05) is 44.1 Å². The minimum Gasteiger partial charge on any atom is -0.326 e. The number of nitrogens with one attached hydrogen (secondary N) is 1. The third-order valence-electron chi connectivity index (χ3n) is 5.51. The summed E-state index contributed by atoms with van der Waals surface area (Å²) < 4.78 is 27.5. The zero-order valence-electron chi connectivity index (χ0n) is 15.3. The standard InChI is InChI=1S/C19H22F2N4O3/c20-19(21)6-13(22)9-24(10-19)7-11-1-2-12-8-25(18(28)14(12)5-11)15-3-4-16(26)23-17(15)27/h1-2,5,13,15H,3-4,6-10,22H2,(H,23,26,27). The molecule has 0 bridgehead atoms. The average molecular weight is 392 g/mol. The van der Waals surface area contributed by atoms with E-state index >= 15 is 0 Å². The van der Waals surface area contributed by atoms with Gasteiger partial charge < -0.3 is 10.6 Å². The molecule has 7 nitrogen and oxygen atoms in total. The molecule has 0 saturated carbocycles. The molecule has 2 fully saturated rings. The molecule has 0 aliphatic carbocycles. The van der Waals surface area contributed by atoms with Crippen LogP contribution in [0.3, 0.4) is 0 Å². The normalized spacial score (nSPS) is 27.7. The molecule has 0 radical (unpaired) electrons. The molecule has 1 aromatic carbocycles. The lowest BCUT2D eigenvalue weighted by molar-refractivity contribution is -0.136. The highest BCUT2D eigenvalue weighted by Crippen LogP contribution is 2.30. The summed E-state index contributed by atoms with van der Waals surface area (Å²) in [5, 5.41) is 2.27. The van der Waals surface area contributed by atoms with Crippen LogP contribution >= 0.6 is 0 Å². The zero-order chi connectivity index (χ0) is 20.1. The molecule has 0 spiro atoms. The average Bonchev–Trinajstić information content (AvgIpc) is 2.89. The molecule has 2 saturated heterocycles. The van der Waals surface area contributed by atoms with Gasteiger partial charge in [0.2, 0.25) is 11.8 Å². The van der Waals surface area contributed by atoms with Crippen LogP contribution in [0.1, 0.15) is 40.7 Å². The highest BCUT2D eigenvalue weighted by molar-refractivity contribution is 6.05. The zero-order valence-corrected chi connectivity index (χ0v) is 15.3. The lowest BCUT2D eigenvalue weighted by Crippen LogP contribution is -2.52. The lowest BCUT2D eigenvalue weighted by Gasteiger charge is -2.36. The maximum Gasteiger partial charge on any atom is 0.262 e. The summed E-state index contributed by atoms with van der Waals surface area (Å²) in [5.74, 6) is -3.87. The molecule has 4 rings (SSSR count). The van der Waals surface area contributed by atoms with Crippen LogP contribution in [-0.4, -0.2) is 58.6 Å². The number of likely N-dealkylation sites (tertiary alicyclic amines) is 1. The van der Waals surface area contributed by atoms with Gasteiger partial charge in [0.25, 0.3) is 11.8 Å². The van der Waals surface area contributed by atoms with Crippen molar-refractivity contribution in [1.29, 1.82) is 0 Å². The molecule has 9 heteroatoms. The van der Waals surface area contributed by atoms with Gasteiger partial charge in [0.15, 0.2) is 0 Å². The quantitative estimate of drug-likeness (QED) is 0.735. The summed E-state index contributed by atoms with van der Waals surface area (Å²) in [6.45, 7) is 0.604. The summed E-state index contributed by atoms with van der Waals surface area (Å²) in [5.41, 5.74) is 7.77. The maximum atomic E-state index is 13.8. The molecule has 2 atom stereocenters. The Morgan fingerprint density at radius 1 is 1.25 bits per heavy atom. The van der Waals surface area contributed by atoms with Gasteiger partial charge in [0.1, 0.15) is 6.04 Å². The van der Waals surface area contributed by atoms with E-state index in [0.717, 1.165) is 11.1 Å². The summed E-state index contributed by atoms with van der Waals surface area (Å²) in [4.78, 5) is 39.3. The van der Waals surface area contributed by atoms with E-state index in [2.05, 4.69) is 5.32 Å². The number of benzene rings is 1. The van der Waals surface area contributed by atoms with E-state index in [4.69, 9.17) is 5.73 Å². The smallest absolute Gasteiger partial charge is 0.262 e. The van der Waals surface area contributed by atoms with Crippen LogP contribution < -0.4 is 11.1 Å². The van der Waals surface area contributed by atoms with E-state index in [1.54, 1.807) is 17.0 Å². The first kappa shape index (κ1) is 18.9. The Balaban J connectivity index is 1.49. The van der Waals surface area contributed by atoms with Crippen molar-refractivity contribution in [3.8, 4) is 0 Å². The van der Waals surface area contributed by atoms with E-state index in [1.807, 2.05) is 6.07 Å². The Labute approximate surface area is 160 Å². The van der Waals surface area contributed by atoms with Gasteiger partial charge in [-0.2, -0.15) is 0 Å². The van der Waals surface area contributed by atoms with Gasteiger partial charge in [-0.25, -0.2) is 8.78 Å². The van der Waals surface area contributed by atoms with Crippen LogP contribution in [-0.2, 0) is 22.7 Å². The topological polar surface area (TPSA) is 95.7 Å². The van der Waals surface area contributed by atoms with Crippen molar-refractivity contribution in [1.82, 2.24) is 15.1 Å². The number of piperidine rings is 2. The van der Waals surface area contributed by atoms with Crippen molar-refractivity contribution in [3.63, 3.8) is 0 Å². The molecule has 3 aliphatic heterocycles. The first-order valence-corrected chi connectivity index (χ1v) is 9.34. The van der Waals surface area contributed by atoms with E-state index in [9.17, 15) is 23.2 Å². The predicted octanol–water partition coefficient (Wildman–Crippen LogP) is 0.616. The summed E-state index contributed by atoms with van der Waals surface area (Å²) in [6, 6.07) is 4.08. The number of hydrogen-bond acceptors (Lipinski definition) is 5. The monoisotopic (exact) mass is 392 g/mol. The lowest BCUT2D eigenvalue weighted by atomic mass is 10.0. The fourth-order valence-corrected chi connectivity index (χ4v) is 4.31. The number of nitrogens with zero attached hydrogens (tertiary/aromatic N) is 2. The molecule has 3 N–H and O–H groups in total. The number of carbonyl (C=O) groups excluding carboxylic acids is 3. The minimum absolute atomic E-state index is 0.200. The second kappa shape index (κ2) is 6.89. The van der Waals surface area contributed by atoms with E-state index in [0.29, 0.717) is 25.1 Å². The van der Waals surface area contributed by atoms with Gasteiger partial charge in [-0.05, 0) is 23.6 Å². The number of nitrogens with two attached hydrogens (primary N) is 1. The predicted molar refractivity (Wildman–Crippen MR) is 95.3 cm³/mol. The van der Waals surface area contributed by atoms with Crippen LogP contribution in [0, 0.1) is 0 Å². The van der Waals surface area contributed by atoms with Gasteiger partial charge in [-0.1, -0.05) is 12.1 Å². The van der Waals surface area contributed by atoms with E-state index < -0.39 is 23.9 Å². The molecular weight excluding hydrogens is 370 g/mol. The summed E-state index contributed by atoms with van der Waals surface area (Å²) in [6.07, 6.45) is 0.191. The van der Waals surface area contributed by atoms with Crippen molar-refractivity contribution in [2.75, 3.05) is 13.1 Å². The Hall–Kier alpha value is -2.39. The van der Waals surface area contributed by atoms with Crippen LogP contribution in [0.4, 0.5) is 8.78 Å². The first-order valence-electron chi connectivity index (χ1n) is 9.34. The third kappa shape index (κ3) is 3.64. The van der Waals surface area contributed by atoms with Crippen LogP contribution in [0.2, 0.25) is 0 Å². The number of hydrogen-bond donors (Lipinski definition) is 2. The molecule has 0 aromatic heterocycles. The highest BCUT2D eigenvalue weighted by Gasteiger charge is 2.40. The van der Waals surface area contributed by atoms with E-state index in [-0.39, 0.29) is 37.7 Å². The van der Waals surface area contributed by atoms with Crippen molar-refractivity contribution >= 4 is 17.7 Å². The van der Waals surface area contributed by atoms with Gasteiger partial charge in [-0.15, -0.1) is 0 Å². The molecule has 3 aliphatic rings. The molecule has 2 unspecified atom stereocenters. The summed E-state index contributed by atoms with van der Waals surface area (Å²) >= 11 is 0. The van der Waals surface area contributed by atoms with Crippen molar-refractivity contribution in [2.24, 2.45) is 5.73 Å². The number of alkyl halides is 2. The molecule has 3 heterocycles. The molecular formula is C19H22F2N4O3. The van der Waals surface area contributed by atoms with Crippen LogP contribution in [0.5, 0.6) is 0 Å². The van der Waals surface area contributed by atoms with Gasteiger partial charge >= 0.3 is 0 Å². The highest BCUT2D eigenvalue weighted by atomic mass is 19.3. The number of halogens is 2. The van der Waals surface area contributed by atoms with Crippen LogP contribution in [0.15, 0.2) is 18.2 Å². The third-order valence-corrected chi connectivity index (χ3v) is 5.51. The van der Waals surface area contributed by atoms with Gasteiger partial charge in [-0.3, -0.25) is 24.6 Å². The molecule has 3 amide bonds. The second-order valence-corrected chi connectivity index (χ2v) is 7.88. The fraction of sp³-hybridized carbons (Fsp3) is 0.526. The maximum absolute atomic E-state index is 13.8. The Kier molecular flexibility index (Phi) is 4.67. The Morgan fingerprint density at radius 2 is 2.04 bits per heavy atom. The SMILES string of the molecule is NC1CN(Cc2ccc3c(c2)C(=O)N(C2CCC(=O)NC2=O)C3)CC(F)(F)C1. The van der Waals surface area contributed by atoms with Gasteiger partial charge in [0.05, 0.1) is 6.54 Å². The minimum atomic E-state index is -2.81. The van der Waals surface area contributed by atoms with E-state index in [1.165, 1.54) is 4.90 Å². The fourth-order valence-electron chi connectivity index (χ4n) is 4.31. The molecule has 150 valence electrons. The number of rotatable bonds is 3. The Bertz CT molecular complexity index is 844. The Morgan fingerprint density at radius 3 is 2.75 bits per heavy atom. The van der Waals surface area contributed by atoms with Crippen molar-refractivity contribution in [3.05, 3.63) is 34.9 Å². The number of amides is 3. The number of fused-ring (bicyclic) bond motifs is 1. The molecule has 28 heavy (non-hydrogen) atoms. The second-order valence-electron chi connectivity index (χ2n) is 7.88. The number of carbonyl (C=O) groups is 3. The van der Waals surface area contributed by atoms with Crippen molar-refractivity contribution < 1.29 is 23.2 Å².